The van der Waals surface area contributed by atoms with Crippen LogP contribution in [0.1, 0.15) is 12.8 Å². The van der Waals surface area contributed by atoms with Gasteiger partial charge in [0.1, 0.15) is 0 Å². The first-order chi connectivity index (χ1) is 6.26. The number of hydrogen-bond acceptors (Lipinski definition) is 2. The van der Waals surface area contributed by atoms with Crippen molar-refractivity contribution in [3.05, 3.63) is 24.9 Å². The lowest BCUT2D eigenvalue weighted by Gasteiger charge is -2.23. The maximum atomic E-state index is 8.68. The van der Waals surface area contributed by atoms with Crippen molar-refractivity contribution in [2.75, 3.05) is 13.6 Å². The molecule has 0 fully saturated rings. The summed E-state index contributed by atoms with van der Waals surface area (Å²) in [7, 11) is 2.03. The highest BCUT2D eigenvalue weighted by Gasteiger charge is 2.15. The van der Waals surface area contributed by atoms with Gasteiger partial charge in [0.25, 0.3) is 0 Å². The summed E-state index contributed by atoms with van der Waals surface area (Å²) in [6, 6.07) is 2.27. The Morgan fingerprint density at radius 3 is 2.85 bits per heavy atom. The molecule has 1 aliphatic carbocycles. The average molecular weight is 176 g/mol. The fourth-order valence-electron chi connectivity index (χ4n) is 1.58. The van der Waals surface area contributed by atoms with Crippen LogP contribution in [-0.2, 0) is 0 Å². The van der Waals surface area contributed by atoms with Gasteiger partial charge in [-0.3, -0.25) is 0 Å². The zero-order chi connectivity index (χ0) is 9.68. The van der Waals surface area contributed by atoms with E-state index < -0.39 is 0 Å². The van der Waals surface area contributed by atoms with Gasteiger partial charge >= 0.3 is 0 Å². The van der Waals surface area contributed by atoms with Crippen molar-refractivity contribution >= 4 is 0 Å². The Hall–Kier alpha value is -1.23. The molecule has 0 aromatic heterocycles. The number of hydrogen-bond donors (Lipinski definition) is 0. The van der Waals surface area contributed by atoms with Gasteiger partial charge in [-0.25, -0.2) is 0 Å². The van der Waals surface area contributed by atoms with Gasteiger partial charge in [0.05, 0.1) is 12.0 Å². The van der Waals surface area contributed by atoms with Gasteiger partial charge in [0.15, 0.2) is 0 Å². The van der Waals surface area contributed by atoms with Crippen molar-refractivity contribution in [2.45, 2.75) is 12.8 Å². The molecule has 0 aromatic rings. The summed E-state index contributed by atoms with van der Waals surface area (Å²) in [5, 5.41) is 8.68. The second-order valence-electron chi connectivity index (χ2n) is 3.58. The maximum Gasteiger partial charge on any atom is 0.0697 e. The van der Waals surface area contributed by atoms with Gasteiger partial charge < -0.3 is 4.90 Å². The van der Waals surface area contributed by atoms with Crippen LogP contribution in [0, 0.1) is 23.2 Å². The second-order valence-corrected chi connectivity index (χ2v) is 3.58. The molecular formula is C11H16N2. The molecule has 0 radical (unpaired) electrons. The van der Waals surface area contributed by atoms with Gasteiger partial charge in [0.2, 0.25) is 0 Å². The Morgan fingerprint density at radius 1 is 1.62 bits per heavy atom. The number of allylic oxidation sites excluding steroid dienone is 1. The van der Waals surface area contributed by atoms with E-state index in [0.29, 0.717) is 5.92 Å². The molecule has 0 spiro atoms. The molecule has 0 aromatic carbocycles. The molecule has 0 N–H and O–H groups in total. The van der Waals surface area contributed by atoms with E-state index in [2.05, 4.69) is 23.6 Å². The lowest BCUT2D eigenvalue weighted by Crippen LogP contribution is -2.21. The van der Waals surface area contributed by atoms with Crippen molar-refractivity contribution < 1.29 is 0 Å². The summed E-state index contributed by atoms with van der Waals surface area (Å²) in [4.78, 5) is 2.09. The number of rotatable bonds is 3. The summed E-state index contributed by atoms with van der Waals surface area (Å²) in [6.07, 6.45) is 8.16. The van der Waals surface area contributed by atoms with Crippen LogP contribution in [0.25, 0.3) is 0 Å². The van der Waals surface area contributed by atoms with Crippen LogP contribution in [0.5, 0.6) is 0 Å². The smallest absolute Gasteiger partial charge is 0.0697 e. The third kappa shape index (κ3) is 2.95. The van der Waals surface area contributed by atoms with Crippen LogP contribution in [0.15, 0.2) is 24.9 Å². The van der Waals surface area contributed by atoms with Gasteiger partial charge in [-0.1, -0.05) is 18.7 Å². The summed E-state index contributed by atoms with van der Waals surface area (Å²) in [5.74, 6) is 0.734. The van der Waals surface area contributed by atoms with Crippen LogP contribution < -0.4 is 0 Å². The Labute approximate surface area is 80.2 Å². The van der Waals surface area contributed by atoms with E-state index in [-0.39, 0.29) is 5.92 Å². The molecule has 2 heteroatoms. The van der Waals surface area contributed by atoms with E-state index in [9.17, 15) is 0 Å². The largest absolute Gasteiger partial charge is 0.380 e. The molecule has 0 saturated carbocycles. The van der Waals surface area contributed by atoms with E-state index in [1.54, 1.807) is 0 Å². The van der Waals surface area contributed by atoms with E-state index in [4.69, 9.17) is 5.26 Å². The average Bonchev–Trinajstić information content (AvgIpc) is 2.19. The molecular weight excluding hydrogens is 160 g/mol. The molecule has 0 bridgehead atoms. The van der Waals surface area contributed by atoms with Crippen LogP contribution in [0.3, 0.4) is 0 Å². The minimum Gasteiger partial charge on any atom is -0.380 e. The lowest BCUT2D eigenvalue weighted by molar-refractivity contribution is 0.363. The van der Waals surface area contributed by atoms with Crippen molar-refractivity contribution in [3.8, 4) is 6.07 Å². The van der Waals surface area contributed by atoms with Crippen molar-refractivity contribution in [3.63, 3.8) is 0 Å². The van der Waals surface area contributed by atoms with E-state index in [1.165, 1.54) is 0 Å². The molecule has 1 aliphatic rings. The molecule has 70 valence electrons. The third-order valence-electron chi connectivity index (χ3n) is 2.46. The predicted molar refractivity (Wildman–Crippen MR) is 53.8 cm³/mol. The monoisotopic (exact) mass is 176 g/mol. The summed E-state index contributed by atoms with van der Waals surface area (Å²) < 4.78 is 0. The standard InChI is InChI=1S/C11H16N2/c1-3-13(2)9-11-6-4-10(8-12)5-7-11/h3-4,6,10-11H,1,5,7,9H2,2H3. The first kappa shape index (κ1) is 9.85. The highest BCUT2D eigenvalue weighted by atomic mass is 15.1. The Balaban J connectivity index is 2.40. The van der Waals surface area contributed by atoms with Crippen molar-refractivity contribution in [2.24, 2.45) is 11.8 Å². The lowest BCUT2D eigenvalue weighted by atomic mass is 9.89. The SMILES string of the molecule is C=CN(C)CC1C=CC(C#N)CC1. The second kappa shape index (κ2) is 4.71. The van der Waals surface area contributed by atoms with Crippen LogP contribution in [0.4, 0.5) is 0 Å². The number of nitriles is 1. The Kier molecular flexibility index (Phi) is 3.57. The van der Waals surface area contributed by atoms with Crippen LogP contribution in [0.2, 0.25) is 0 Å². The quantitative estimate of drug-likeness (QED) is 0.616. The summed E-state index contributed by atoms with van der Waals surface area (Å²) >= 11 is 0. The summed E-state index contributed by atoms with van der Waals surface area (Å²) in [5.41, 5.74) is 0. The van der Waals surface area contributed by atoms with Gasteiger partial charge in [-0.2, -0.15) is 5.26 Å². The molecule has 0 aliphatic heterocycles. The van der Waals surface area contributed by atoms with Crippen LogP contribution in [-0.4, -0.2) is 18.5 Å². The fraction of sp³-hybridized carbons (Fsp3) is 0.545. The van der Waals surface area contributed by atoms with Crippen LogP contribution >= 0.6 is 0 Å². The number of nitrogens with zero attached hydrogens (tertiary/aromatic N) is 2. The third-order valence-corrected chi connectivity index (χ3v) is 2.46. The van der Waals surface area contributed by atoms with Crippen molar-refractivity contribution in [1.82, 2.24) is 4.90 Å². The van der Waals surface area contributed by atoms with Gasteiger partial charge in [-0.15, -0.1) is 0 Å². The normalized spacial score (nSPS) is 26.5. The fourth-order valence-corrected chi connectivity index (χ4v) is 1.58. The van der Waals surface area contributed by atoms with E-state index in [1.807, 2.05) is 19.3 Å². The Morgan fingerprint density at radius 2 is 2.38 bits per heavy atom. The zero-order valence-corrected chi connectivity index (χ0v) is 8.11. The first-order valence-electron chi connectivity index (χ1n) is 4.67. The molecule has 0 saturated heterocycles. The molecule has 1 rings (SSSR count). The summed E-state index contributed by atoms with van der Waals surface area (Å²) in [6.45, 7) is 4.72. The molecule has 0 heterocycles. The van der Waals surface area contributed by atoms with Gasteiger partial charge in [-0.05, 0) is 25.0 Å². The maximum absolute atomic E-state index is 8.68. The van der Waals surface area contributed by atoms with E-state index in [0.717, 1.165) is 19.4 Å². The minimum atomic E-state index is 0.144. The highest BCUT2D eigenvalue weighted by Crippen LogP contribution is 2.22. The Bertz CT molecular complexity index is 237. The first-order valence-corrected chi connectivity index (χ1v) is 4.67. The molecule has 0 amide bonds. The van der Waals surface area contributed by atoms with Gasteiger partial charge in [0, 0.05) is 13.6 Å². The predicted octanol–water partition coefficient (Wildman–Crippen LogP) is 2.17. The topological polar surface area (TPSA) is 27.0 Å². The zero-order valence-electron chi connectivity index (χ0n) is 8.11. The molecule has 2 unspecified atom stereocenters. The highest BCUT2D eigenvalue weighted by molar-refractivity contribution is 5.06. The molecule has 2 nitrogen and oxygen atoms in total. The van der Waals surface area contributed by atoms with E-state index >= 15 is 0 Å². The minimum absolute atomic E-state index is 0.144. The molecule has 2 atom stereocenters. The molecule has 13 heavy (non-hydrogen) atoms. The van der Waals surface area contributed by atoms with Crippen molar-refractivity contribution in [1.29, 1.82) is 5.26 Å².